The number of amides is 1. The van der Waals surface area contributed by atoms with Crippen LogP contribution < -0.4 is 10.2 Å². The van der Waals surface area contributed by atoms with Crippen LogP contribution in [0.4, 0.5) is 11.6 Å². The molecule has 5 nitrogen and oxygen atoms in total. The van der Waals surface area contributed by atoms with Gasteiger partial charge < -0.3 is 10.2 Å². The van der Waals surface area contributed by atoms with Gasteiger partial charge in [0.25, 0.3) is 5.91 Å². The van der Waals surface area contributed by atoms with Crippen LogP contribution >= 0.6 is 0 Å². The molecule has 1 aliphatic carbocycles. The molecule has 1 aromatic heterocycles. The second kappa shape index (κ2) is 5.99. The van der Waals surface area contributed by atoms with Gasteiger partial charge in [0.1, 0.15) is 0 Å². The van der Waals surface area contributed by atoms with E-state index < -0.39 is 0 Å². The van der Waals surface area contributed by atoms with E-state index in [1.165, 1.54) is 18.4 Å². The highest BCUT2D eigenvalue weighted by molar-refractivity contribution is 5.93. The molecule has 4 rings (SSSR count). The fourth-order valence-corrected chi connectivity index (χ4v) is 3.46. The van der Waals surface area contributed by atoms with Gasteiger partial charge in [0.05, 0.1) is 5.56 Å². The van der Waals surface area contributed by atoms with Gasteiger partial charge in [-0.2, -0.15) is 0 Å². The van der Waals surface area contributed by atoms with E-state index >= 15 is 0 Å². The van der Waals surface area contributed by atoms with E-state index in [1.807, 2.05) is 6.07 Å². The summed E-state index contributed by atoms with van der Waals surface area (Å²) in [6.07, 6.45) is 8.83. The third kappa shape index (κ3) is 2.79. The minimum atomic E-state index is -0.0646. The monoisotopic (exact) mass is 308 g/mol. The number of benzene rings is 1. The summed E-state index contributed by atoms with van der Waals surface area (Å²) in [7, 11) is 0. The minimum Gasteiger partial charge on any atom is -0.349 e. The van der Waals surface area contributed by atoms with Crippen LogP contribution in [0.15, 0.2) is 36.7 Å². The van der Waals surface area contributed by atoms with Gasteiger partial charge in [-0.05, 0) is 30.9 Å². The zero-order chi connectivity index (χ0) is 15.6. The third-order valence-electron chi connectivity index (χ3n) is 4.72. The van der Waals surface area contributed by atoms with Crippen LogP contribution in [0.2, 0.25) is 0 Å². The van der Waals surface area contributed by atoms with Gasteiger partial charge in [0, 0.05) is 30.7 Å². The number of carbonyl (C=O) groups is 1. The molecule has 1 fully saturated rings. The van der Waals surface area contributed by atoms with Crippen molar-refractivity contribution in [1.82, 2.24) is 15.3 Å². The number of hydrogen-bond donors (Lipinski definition) is 1. The van der Waals surface area contributed by atoms with E-state index in [9.17, 15) is 4.79 Å². The molecule has 1 saturated carbocycles. The van der Waals surface area contributed by atoms with Gasteiger partial charge in [-0.1, -0.05) is 31.0 Å². The van der Waals surface area contributed by atoms with Crippen molar-refractivity contribution in [2.24, 2.45) is 0 Å². The first-order chi connectivity index (χ1) is 11.3. The standard InChI is InChI=1S/C18H20N4O/c23-17(21-15-6-2-3-7-15)14-11-19-18(20-12-14)22-10-9-13-5-1-4-8-16(13)22/h1,4-5,8,11-12,15H,2-3,6-7,9-10H2,(H,21,23). The van der Waals surface area contributed by atoms with Crippen molar-refractivity contribution in [3.05, 3.63) is 47.8 Å². The maximum Gasteiger partial charge on any atom is 0.254 e. The fraction of sp³-hybridized carbons (Fsp3) is 0.389. The van der Waals surface area contributed by atoms with E-state index in [0.717, 1.165) is 31.5 Å². The summed E-state index contributed by atoms with van der Waals surface area (Å²) < 4.78 is 0. The third-order valence-corrected chi connectivity index (χ3v) is 4.72. The lowest BCUT2D eigenvalue weighted by atomic mass is 10.2. The van der Waals surface area contributed by atoms with Crippen molar-refractivity contribution in [1.29, 1.82) is 0 Å². The lowest BCUT2D eigenvalue weighted by molar-refractivity contribution is 0.0937. The largest absolute Gasteiger partial charge is 0.349 e. The zero-order valence-corrected chi connectivity index (χ0v) is 13.0. The Hall–Kier alpha value is -2.43. The first-order valence-electron chi connectivity index (χ1n) is 8.29. The highest BCUT2D eigenvalue weighted by Gasteiger charge is 2.22. The number of nitrogens with one attached hydrogen (secondary N) is 1. The van der Waals surface area contributed by atoms with Gasteiger partial charge in [-0.3, -0.25) is 4.79 Å². The summed E-state index contributed by atoms with van der Waals surface area (Å²) in [6.45, 7) is 0.882. The summed E-state index contributed by atoms with van der Waals surface area (Å²) in [5, 5.41) is 3.07. The van der Waals surface area contributed by atoms with Crippen LogP contribution in [0, 0.1) is 0 Å². The Balaban J connectivity index is 1.49. The van der Waals surface area contributed by atoms with Crippen LogP contribution in [0.1, 0.15) is 41.6 Å². The van der Waals surface area contributed by atoms with E-state index in [0.29, 0.717) is 17.6 Å². The molecule has 1 amide bonds. The molecule has 5 heteroatoms. The Morgan fingerprint density at radius 3 is 2.65 bits per heavy atom. The molecule has 118 valence electrons. The summed E-state index contributed by atoms with van der Waals surface area (Å²) in [5.74, 6) is 0.595. The number of fused-ring (bicyclic) bond motifs is 1. The molecule has 0 saturated heterocycles. The van der Waals surface area contributed by atoms with Crippen LogP contribution in [-0.2, 0) is 6.42 Å². The van der Waals surface area contributed by atoms with E-state index in [2.05, 4.69) is 38.4 Å². The highest BCUT2D eigenvalue weighted by Crippen LogP contribution is 2.31. The van der Waals surface area contributed by atoms with Crippen LogP contribution in [-0.4, -0.2) is 28.5 Å². The minimum absolute atomic E-state index is 0.0646. The predicted molar refractivity (Wildman–Crippen MR) is 88.9 cm³/mol. The molecule has 0 unspecified atom stereocenters. The van der Waals surface area contributed by atoms with Crippen molar-refractivity contribution >= 4 is 17.5 Å². The Labute approximate surface area is 135 Å². The first kappa shape index (κ1) is 14.2. The molecule has 0 radical (unpaired) electrons. The summed E-state index contributed by atoms with van der Waals surface area (Å²) in [5.41, 5.74) is 3.02. The molecule has 23 heavy (non-hydrogen) atoms. The van der Waals surface area contributed by atoms with Crippen molar-refractivity contribution in [3.8, 4) is 0 Å². The smallest absolute Gasteiger partial charge is 0.254 e. The Morgan fingerprint density at radius 2 is 1.87 bits per heavy atom. The Morgan fingerprint density at radius 1 is 1.13 bits per heavy atom. The zero-order valence-electron chi connectivity index (χ0n) is 13.0. The number of para-hydroxylation sites is 1. The molecule has 2 aromatic rings. The van der Waals surface area contributed by atoms with E-state index in [1.54, 1.807) is 12.4 Å². The van der Waals surface area contributed by atoms with Gasteiger partial charge in [-0.15, -0.1) is 0 Å². The van der Waals surface area contributed by atoms with Gasteiger partial charge in [0.15, 0.2) is 0 Å². The molecular weight excluding hydrogens is 288 g/mol. The molecular formula is C18H20N4O. The SMILES string of the molecule is O=C(NC1CCCC1)c1cnc(N2CCc3ccccc32)nc1. The molecule has 2 heterocycles. The van der Waals surface area contributed by atoms with Crippen LogP contribution in [0.5, 0.6) is 0 Å². The summed E-state index contributed by atoms with van der Waals surface area (Å²) >= 11 is 0. The average Bonchev–Trinajstić information content (AvgIpc) is 3.24. The molecule has 0 bridgehead atoms. The molecule has 0 atom stereocenters. The van der Waals surface area contributed by atoms with Crippen LogP contribution in [0.25, 0.3) is 0 Å². The van der Waals surface area contributed by atoms with E-state index in [4.69, 9.17) is 0 Å². The maximum absolute atomic E-state index is 12.2. The van der Waals surface area contributed by atoms with Crippen molar-refractivity contribution in [2.45, 2.75) is 38.1 Å². The van der Waals surface area contributed by atoms with Gasteiger partial charge in [-0.25, -0.2) is 9.97 Å². The van der Waals surface area contributed by atoms with Crippen LogP contribution in [0.3, 0.4) is 0 Å². The number of nitrogens with zero attached hydrogens (tertiary/aromatic N) is 3. The second-order valence-electron chi connectivity index (χ2n) is 6.26. The average molecular weight is 308 g/mol. The number of anilines is 2. The van der Waals surface area contributed by atoms with Crippen molar-refractivity contribution in [2.75, 3.05) is 11.4 Å². The number of hydrogen-bond acceptors (Lipinski definition) is 4. The Kier molecular flexibility index (Phi) is 3.69. The lowest BCUT2D eigenvalue weighted by Gasteiger charge is -2.17. The van der Waals surface area contributed by atoms with Crippen molar-refractivity contribution < 1.29 is 4.79 Å². The first-order valence-corrected chi connectivity index (χ1v) is 8.29. The van der Waals surface area contributed by atoms with Gasteiger partial charge in [0.2, 0.25) is 5.95 Å². The molecule has 1 N–H and O–H groups in total. The summed E-state index contributed by atoms with van der Waals surface area (Å²) in [4.78, 5) is 23.2. The molecule has 1 aromatic carbocycles. The molecule has 0 spiro atoms. The Bertz CT molecular complexity index is 707. The highest BCUT2D eigenvalue weighted by atomic mass is 16.1. The molecule has 2 aliphatic rings. The van der Waals surface area contributed by atoms with E-state index in [-0.39, 0.29) is 5.91 Å². The van der Waals surface area contributed by atoms with Crippen molar-refractivity contribution in [3.63, 3.8) is 0 Å². The fourth-order valence-electron chi connectivity index (χ4n) is 3.46. The maximum atomic E-state index is 12.2. The molecule has 1 aliphatic heterocycles. The predicted octanol–water partition coefficient (Wildman–Crippen LogP) is 2.84. The van der Waals surface area contributed by atoms with Gasteiger partial charge >= 0.3 is 0 Å². The number of carbonyl (C=O) groups excluding carboxylic acids is 1. The second-order valence-corrected chi connectivity index (χ2v) is 6.26. The lowest BCUT2D eigenvalue weighted by Crippen LogP contribution is -2.32. The summed E-state index contributed by atoms with van der Waals surface area (Å²) in [6, 6.07) is 8.62. The topological polar surface area (TPSA) is 58.1 Å². The normalized spacial score (nSPS) is 17.3. The number of rotatable bonds is 3. The number of aromatic nitrogens is 2. The quantitative estimate of drug-likeness (QED) is 0.947.